The van der Waals surface area contributed by atoms with E-state index >= 15 is 0 Å². The van der Waals surface area contributed by atoms with E-state index in [4.69, 9.17) is 4.84 Å². The number of hydrogen-bond acceptors (Lipinski definition) is 5. The third-order valence-corrected chi connectivity index (χ3v) is 3.32. The van der Waals surface area contributed by atoms with Gasteiger partial charge in [0.25, 0.3) is 11.6 Å². The number of halogens is 1. The van der Waals surface area contributed by atoms with E-state index in [2.05, 4.69) is 10.5 Å². The second kappa shape index (κ2) is 8.53. The minimum absolute atomic E-state index is 0.110. The van der Waals surface area contributed by atoms with Gasteiger partial charge in [-0.15, -0.1) is 0 Å². The van der Waals surface area contributed by atoms with Gasteiger partial charge in [0, 0.05) is 12.6 Å². The van der Waals surface area contributed by atoms with Crippen molar-refractivity contribution in [3.8, 4) is 0 Å². The smallest absolute Gasteiger partial charge is 0.278 e. The van der Waals surface area contributed by atoms with Gasteiger partial charge in [-0.1, -0.05) is 29.4 Å². The van der Waals surface area contributed by atoms with Crippen LogP contribution in [0.1, 0.15) is 16.7 Å². The summed E-state index contributed by atoms with van der Waals surface area (Å²) in [4.78, 5) is 26.8. The summed E-state index contributed by atoms with van der Waals surface area (Å²) < 4.78 is 13.4. The SMILES string of the molecule is Cc1ccc(CNC(=O)CO/N=C/c2ccccc2[N+](=O)[O-])cc1F. The molecule has 0 aromatic heterocycles. The van der Waals surface area contributed by atoms with Crippen molar-refractivity contribution in [2.24, 2.45) is 5.16 Å². The number of para-hydroxylation sites is 1. The lowest BCUT2D eigenvalue weighted by molar-refractivity contribution is -0.385. The molecule has 0 saturated heterocycles. The molecule has 7 nitrogen and oxygen atoms in total. The monoisotopic (exact) mass is 345 g/mol. The topological polar surface area (TPSA) is 93.8 Å². The minimum atomic E-state index is -0.533. The molecule has 0 spiro atoms. The highest BCUT2D eigenvalue weighted by Crippen LogP contribution is 2.15. The fourth-order valence-electron chi connectivity index (χ4n) is 1.95. The summed E-state index contributed by atoms with van der Waals surface area (Å²) in [6.07, 6.45) is 1.17. The van der Waals surface area contributed by atoms with E-state index in [9.17, 15) is 19.3 Å². The lowest BCUT2D eigenvalue weighted by atomic mass is 10.1. The van der Waals surface area contributed by atoms with Gasteiger partial charge in [0.1, 0.15) is 5.82 Å². The van der Waals surface area contributed by atoms with E-state index in [1.807, 2.05) is 0 Å². The van der Waals surface area contributed by atoms with Gasteiger partial charge < -0.3 is 10.2 Å². The Hall–Kier alpha value is -3.29. The van der Waals surface area contributed by atoms with Gasteiger partial charge in [0.05, 0.1) is 16.7 Å². The number of nitrogens with zero attached hydrogens (tertiary/aromatic N) is 2. The molecule has 2 aromatic rings. The third-order valence-electron chi connectivity index (χ3n) is 3.32. The lowest BCUT2D eigenvalue weighted by Crippen LogP contribution is -2.26. The van der Waals surface area contributed by atoms with Crippen molar-refractivity contribution in [3.63, 3.8) is 0 Å². The molecule has 2 rings (SSSR count). The van der Waals surface area contributed by atoms with Gasteiger partial charge in [-0.25, -0.2) is 4.39 Å². The van der Waals surface area contributed by atoms with Crippen LogP contribution in [0.3, 0.4) is 0 Å². The molecular formula is C17H16FN3O4. The van der Waals surface area contributed by atoms with Crippen LogP contribution >= 0.6 is 0 Å². The molecule has 0 aliphatic heterocycles. The fraction of sp³-hybridized carbons (Fsp3) is 0.176. The lowest BCUT2D eigenvalue weighted by Gasteiger charge is -2.05. The maximum absolute atomic E-state index is 13.4. The van der Waals surface area contributed by atoms with E-state index < -0.39 is 10.8 Å². The van der Waals surface area contributed by atoms with Crippen molar-refractivity contribution in [1.29, 1.82) is 0 Å². The normalized spacial score (nSPS) is 10.6. The van der Waals surface area contributed by atoms with Gasteiger partial charge in [-0.3, -0.25) is 14.9 Å². The molecule has 0 radical (unpaired) electrons. The van der Waals surface area contributed by atoms with Gasteiger partial charge in [-0.2, -0.15) is 0 Å². The number of benzene rings is 2. The molecule has 0 atom stereocenters. The summed E-state index contributed by atoms with van der Waals surface area (Å²) in [6, 6.07) is 10.7. The number of nitro benzene ring substituents is 1. The number of nitro groups is 1. The van der Waals surface area contributed by atoms with Gasteiger partial charge in [0.2, 0.25) is 0 Å². The number of hydrogen-bond donors (Lipinski definition) is 1. The summed E-state index contributed by atoms with van der Waals surface area (Å²) in [5, 5.41) is 17.0. The number of nitrogens with one attached hydrogen (secondary N) is 1. The third kappa shape index (κ3) is 5.38. The fourth-order valence-corrected chi connectivity index (χ4v) is 1.95. The molecule has 0 fully saturated rings. The first kappa shape index (κ1) is 18.1. The van der Waals surface area contributed by atoms with Gasteiger partial charge >= 0.3 is 0 Å². The van der Waals surface area contributed by atoms with Crippen LogP contribution in [0.25, 0.3) is 0 Å². The molecule has 0 heterocycles. The average molecular weight is 345 g/mol. The first-order valence-corrected chi connectivity index (χ1v) is 7.38. The first-order chi connectivity index (χ1) is 12.0. The van der Waals surface area contributed by atoms with Crippen LogP contribution in [0.2, 0.25) is 0 Å². The Balaban J connectivity index is 1.80. The Kier molecular flexibility index (Phi) is 6.16. The molecular weight excluding hydrogens is 329 g/mol. The Morgan fingerprint density at radius 2 is 2.12 bits per heavy atom. The zero-order chi connectivity index (χ0) is 18.2. The summed E-state index contributed by atoms with van der Waals surface area (Å²) in [6.45, 7) is 1.46. The molecule has 0 bridgehead atoms. The van der Waals surface area contributed by atoms with Crippen LogP contribution in [0.4, 0.5) is 10.1 Å². The van der Waals surface area contributed by atoms with Crippen LogP contribution < -0.4 is 5.32 Å². The standard InChI is InChI=1S/C17H16FN3O4/c1-12-6-7-13(8-15(12)18)9-19-17(22)11-25-20-10-14-4-2-3-5-16(14)21(23)24/h2-8,10H,9,11H2,1H3,(H,19,22)/b20-10+. The van der Waals surface area contributed by atoms with Crippen molar-refractivity contribution in [1.82, 2.24) is 5.32 Å². The predicted molar refractivity (Wildman–Crippen MR) is 89.6 cm³/mol. The van der Waals surface area contributed by atoms with Crippen molar-refractivity contribution in [2.75, 3.05) is 6.61 Å². The number of carbonyl (C=O) groups excluding carboxylic acids is 1. The van der Waals surface area contributed by atoms with Crippen LogP contribution in [-0.2, 0) is 16.2 Å². The summed E-state index contributed by atoms with van der Waals surface area (Å²) in [7, 11) is 0. The largest absolute Gasteiger partial charge is 0.386 e. The molecule has 0 aliphatic carbocycles. The van der Waals surface area contributed by atoms with Crippen LogP contribution in [0.5, 0.6) is 0 Å². The van der Waals surface area contributed by atoms with E-state index in [0.29, 0.717) is 11.1 Å². The zero-order valence-corrected chi connectivity index (χ0v) is 13.4. The van der Waals surface area contributed by atoms with E-state index in [1.165, 1.54) is 30.5 Å². The summed E-state index contributed by atoms with van der Waals surface area (Å²) in [5.74, 6) is -0.780. The zero-order valence-electron chi connectivity index (χ0n) is 13.4. The highest BCUT2D eigenvalue weighted by molar-refractivity contribution is 5.85. The Bertz CT molecular complexity index is 808. The van der Waals surface area contributed by atoms with Gasteiger partial charge in [0.15, 0.2) is 6.61 Å². The van der Waals surface area contributed by atoms with E-state index in [-0.39, 0.29) is 30.2 Å². The van der Waals surface area contributed by atoms with Gasteiger partial charge in [-0.05, 0) is 30.2 Å². The molecule has 0 aliphatic rings. The minimum Gasteiger partial charge on any atom is -0.386 e. The van der Waals surface area contributed by atoms with Crippen LogP contribution in [0, 0.1) is 22.9 Å². The second-order valence-corrected chi connectivity index (χ2v) is 5.18. The van der Waals surface area contributed by atoms with Crippen LogP contribution in [0.15, 0.2) is 47.6 Å². The average Bonchev–Trinajstić information content (AvgIpc) is 2.60. The quantitative estimate of drug-likeness (QED) is 0.474. The molecule has 130 valence electrons. The van der Waals surface area contributed by atoms with Crippen molar-refractivity contribution in [3.05, 3.63) is 75.1 Å². The highest BCUT2D eigenvalue weighted by atomic mass is 19.1. The van der Waals surface area contributed by atoms with E-state index in [1.54, 1.807) is 25.1 Å². The predicted octanol–water partition coefficient (Wildman–Crippen LogP) is 2.71. The molecule has 8 heteroatoms. The Morgan fingerprint density at radius 3 is 2.84 bits per heavy atom. The molecule has 1 N–H and O–H groups in total. The van der Waals surface area contributed by atoms with Crippen molar-refractivity contribution < 1.29 is 18.9 Å². The number of carbonyl (C=O) groups is 1. The summed E-state index contributed by atoms with van der Waals surface area (Å²) in [5.41, 5.74) is 1.31. The van der Waals surface area contributed by atoms with Crippen LogP contribution in [-0.4, -0.2) is 23.7 Å². The van der Waals surface area contributed by atoms with Crippen molar-refractivity contribution >= 4 is 17.8 Å². The molecule has 1 amide bonds. The Morgan fingerprint density at radius 1 is 1.36 bits per heavy atom. The van der Waals surface area contributed by atoms with Crippen molar-refractivity contribution in [2.45, 2.75) is 13.5 Å². The summed E-state index contributed by atoms with van der Waals surface area (Å²) >= 11 is 0. The number of amides is 1. The highest BCUT2D eigenvalue weighted by Gasteiger charge is 2.10. The number of oxime groups is 1. The number of rotatable bonds is 7. The maximum Gasteiger partial charge on any atom is 0.278 e. The molecule has 25 heavy (non-hydrogen) atoms. The molecule has 2 aromatic carbocycles. The van der Waals surface area contributed by atoms with E-state index in [0.717, 1.165) is 0 Å². The number of aryl methyl sites for hydroxylation is 1. The molecule has 0 saturated carbocycles. The Labute approximate surface area is 143 Å². The maximum atomic E-state index is 13.4. The molecule has 0 unspecified atom stereocenters. The first-order valence-electron chi connectivity index (χ1n) is 7.38. The second-order valence-electron chi connectivity index (χ2n) is 5.18.